The molecule has 25 nitrogen and oxygen atoms in total. The molecule has 1 aliphatic heterocycles. The number of carbonyl (C=O) groups is 2. The highest BCUT2D eigenvalue weighted by Gasteiger charge is 2.29. The number of H-pyrrole nitrogens is 1. The predicted octanol–water partition coefficient (Wildman–Crippen LogP) is 4.77. The van der Waals surface area contributed by atoms with Crippen LogP contribution in [0.5, 0.6) is 11.5 Å². The number of nitrogens with zero attached hydrogens (tertiary/aromatic N) is 7. The molecule has 5 aromatic rings. The Morgan fingerprint density at radius 2 is 1.18 bits per heavy atom. The van der Waals surface area contributed by atoms with E-state index in [0.29, 0.717) is 147 Å². The van der Waals surface area contributed by atoms with E-state index in [2.05, 4.69) is 36.5 Å². The van der Waals surface area contributed by atoms with Gasteiger partial charge in [-0.2, -0.15) is 0 Å². The molecular formula is C48H62BrN9O16. The lowest BCUT2D eigenvalue weighted by Gasteiger charge is -2.35. The molecule has 74 heavy (non-hydrogen) atoms. The van der Waals surface area contributed by atoms with E-state index in [-0.39, 0.29) is 61.8 Å². The van der Waals surface area contributed by atoms with Gasteiger partial charge in [0.15, 0.2) is 5.69 Å². The average molecular weight is 1100 g/mol. The third-order valence-electron chi connectivity index (χ3n) is 11.1. The summed E-state index contributed by atoms with van der Waals surface area (Å²) in [5, 5.41) is 34.1. The van der Waals surface area contributed by atoms with Gasteiger partial charge in [-0.1, -0.05) is 17.3 Å². The first-order valence-corrected chi connectivity index (χ1v) is 24.8. The van der Waals surface area contributed by atoms with E-state index in [0.717, 1.165) is 15.4 Å². The largest absolute Gasteiger partial charge is 0.496 e. The summed E-state index contributed by atoms with van der Waals surface area (Å²) in [5.74, 6) is 0.798. The van der Waals surface area contributed by atoms with Crippen molar-refractivity contribution in [3.05, 3.63) is 109 Å². The third kappa shape index (κ3) is 17.7. The van der Waals surface area contributed by atoms with Crippen LogP contribution in [0.1, 0.15) is 26.4 Å². The van der Waals surface area contributed by atoms with Gasteiger partial charge in [0.05, 0.1) is 157 Å². The molecule has 0 aliphatic carbocycles. The number of fused-ring (bicyclic) bond motifs is 1. The van der Waals surface area contributed by atoms with Crippen LogP contribution in [0.4, 0.5) is 17.1 Å². The number of aromatic amines is 1. The van der Waals surface area contributed by atoms with Crippen molar-refractivity contribution in [1.82, 2.24) is 29.8 Å². The summed E-state index contributed by atoms with van der Waals surface area (Å²) in [6.45, 7) is 8.11. The quantitative estimate of drug-likeness (QED) is 0.0310. The van der Waals surface area contributed by atoms with Crippen molar-refractivity contribution in [3.63, 3.8) is 0 Å². The first-order valence-electron chi connectivity index (χ1n) is 24.0. The minimum atomic E-state index is -0.678. The number of rotatable bonds is 36. The molecule has 0 atom stereocenters. The average Bonchev–Trinajstić information content (AvgIpc) is 4.08. The van der Waals surface area contributed by atoms with E-state index in [1.54, 1.807) is 52.2 Å². The third-order valence-corrected chi connectivity index (χ3v) is 11.8. The van der Waals surface area contributed by atoms with Gasteiger partial charge in [0.2, 0.25) is 0 Å². The zero-order chi connectivity index (χ0) is 52.3. The van der Waals surface area contributed by atoms with E-state index in [1.165, 1.54) is 18.2 Å². The first-order chi connectivity index (χ1) is 36.2. The van der Waals surface area contributed by atoms with E-state index in [1.807, 2.05) is 18.2 Å². The summed E-state index contributed by atoms with van der Waals surface area (Å²) in [6, 6.07) is 14.5. The van der Waals surface area contributed by atoms with Crippen LogP contribution in [0, 0.1) is 20.2 Å². The summed E-state index contributed by atoms with van der Waals surface area (Å²) in [5.41, 5.74) is 1.51. The number of hydrogen-bond donors (Lipinski definition) is 2. The van der Waals surface area contributed by atoms with Gasteiger partial charge in [-0.3, -0.25) is 29.8 Å². The Kier molecular flexibility index (Phi) is 24.1. The monoisotopic (exact) mass is 1100 g/mol. The van der Waals surface area contributed by atoms with Crippen molar-refractivity contribution < 1.29 is 66.8 Å². The van der Waals surface area contributed by atoms with Gasteiger partial charge in [0.1, 0.15) is 23.8 Å². The van der Waals surface area contributed by atoms with Crippen LogP contribution in [0.25, 0.3) is 10.9 Å². The van der Waals surface area contributed by atoms with Gasteiger partial charge in [0.25, 0.3) is 23.2 Å². The Bertz CT molecular complexity index is 2510. The lowest BCUT2D eigenvalue weighted by Crippen LogP contribution is -2.50. The molecule has 1 fully saturated rings. The van der Waals surface area contributed by atoms with Crippen LogP contribution in [0.2, 0.25) is 0 Å². The molecule has 1 saturated heterocycles. The summed E-state index contributed by atoms with van der Waals surface area (Å²) < 4.78 is 58.5. The lowest BCUT2D eigenvalue weighted by molar-refractivity contribution is -0.392. The number of nitro benzene ring substituents is 2. The van der Waals surface area contributed by atoms with E-state index < -0.39 is 9.85 Å². The number of methoxy groups -OCH3 is 1. The van der Waals surface area contributed by atoms with Crippen LogP contribution in [-0.2, 0) is 51.0 Å². The van der Waals surface area contributed by atoms with Crippen molar-refractivity contribution in [2.75, 3.05) is 151 Å². The van der Waals surface area contributed by atoms with Crippen molar-refractivity contribution in [2.45, 2.75) is 13.2 Å². The minimum Gasteiger partial charge on any atom is -0.496 e. The number of aromatic nitrogens is 4. The van der Waals surface area contributed by atoms with Gasteiger partial charge in [0, 0.05) is 55.5 Å². The van der Waals surface area contributed by atoms with Gasteiger partial charge in [-0.15, -0.1) is 5.10 Å². The number of nitrogens with one attached hydrogen (secondary N) is 2. The summed E-state index contributed by atoms with van der Waals surface area (Å²) in [4.78, 5) is 54.9. The number of halogens is 1. The highest BCUT2D eigenvalue weighted by atomic mass is 79.9. The molecule has 1 aliphatic rings. The maximum atomic E-state index is 13.6. The normalized spacial score (nSPS) is 12.6. The van der Waals surface area contributed by atoms with Crippen LogP contribution in [-0.4, -0.2) is 197 Å². The maximum absolute atomic E-state index is 13.6. The molecule has 3 heterocycles. The molecule has 26 heteroatoms. The smallest absolute Gasteiger partial charge is 0.299 e. The molecule has 2 amide bonds. The molecule has 0 spiro atoms. The zero-order valence-corrected chi connectivity index (χ0v) is 42.7. The fraction of sp³-hybridized carbons (Fsp3) is 0.500. The molecular weight excluding hydrogens is 1040 g/mol. The Hall–Kier alpha value is -6.36. The standard InChI is InChI=1S/C48H62BrN9O16/c1-65-43-10-9-39(49)45-44(43)38(33-51-45)48(60)55-14-12-54(13-15-55)47(59)37-5-2-3-8-42(37)74-32-31-72-28-27-70-26-25-69-24-23-68-22-20-67-18-16-56-34-36(52-53-56)35-73-30-29-71-21-19-66-17-11-50-46-40(57(61)62)6-4-7-41(46)58(63)64/h2-10,33-34,50-51H,11-32,35H2,1H3. The summed E-state index contributed by atoms with van der Waals surface area (Å²) >= 11 is 3.53. The number of amides is 2. The first kappa shape index (κ1) is 56.9. The molecule has 0 radical (unpaired) electrons. The summed E-state index contributed by atoms with van der Waals surface area (Å²) in [7, 11) is 1.58. The molecule has 2 N–H and O–H groups in total. The van der Waals surface area contributed by atoms with Crippen molar-refractivity contribution in [2.24, 2.45) is 0 Å². The number of carbonyl (C=O) groups excluding carboxylic acids is 2. The zero-order valence-electron chi connectivity index (χ0n) is 41.2. The van der Waals surface area contributed by atoms with E-state index in [4.69, 9.17) is 47.4 Å². The highest BCUT2D eigenvalue weighted by molar-refractivity contribution is 9.10. The lowest BCUT2D eigenvalue weighted by atomic mass is 10.1. The van der Waals surface area contributed by atoms with Crippen molar-refractivity contribution in [3.8, 4) is 11.5 Å². The number of nitro groups is 2. The number of ether oxygens (including phenoxy) is 10. The fourth-order valence-corrected chi connectivity index (χ4v) is 7.93. The molecule has 0 bridgehead atoms. The number of anilines is 1. The highest BCUT2D eigenvalue weighted by Crippen LogP contribution is 2.35. The Morgan fingerprint density at radius 1 is 0.649 bits per heavy atom. The Labute approximate surface area is 434 Å². The van der Waals surface area contributed by atoms with Crippen LogP contribution in [0.3, 0.4) is 0 Å². The molecule has 0 unspecified atom stereocenters. The van der Waals surface area contributed by atoms with Crippen LogP contribution < -0.4 is 14.8 Å². The summed E-state index contributed by atoms with van der Waals surface area (Å²) in [6.07, 6.45) is 3.48. The SMILES string of the molecule is COc1ccc(Br)c2[nH]cc(C(=O)N3CCN(C(=O)c4ccccc4OCCOCCOCCOCCOCCOCCn4cc(COCCOCCOCCNc5c([N+](=O)[O-])cccc5[N+](=O)[O-])nn4)CC3)c12. The number of hydrogen-bond acceptors (Lipinski definition) is 19. The topological polar surface area (TPSA) is 278 Å². The Morgan fingerprint density at radius 3 is 1.76 bits per heavy atom. The minimum absolute atomic E-state index is 0.124. The van der Waals surface area contributed by atoms with E-state index in [9.17, 15) is 29.8 Å². The molecule has 3 aromatic carbocycles. The van der Waals surface area contributed by atoms with Crippen LogP contribution >= 0.6 is 15.9 Å². The van der Waals surface area contributed by atoms with Crippen molar-refractivity contribution in [1.29, 1.82) is 0 Å². The predicted molar refractivity (Wildman–Crippen MR) is 270 cm³/mol. The fourth-order valence-electron chi connectivity index (χ4n) is 7.49. The van der Waals surface area contributed by atoms with Crippen LogP contribution in [0.15, 0.2) is 71.5 Å². The second-order valence-corrected chi connectivity index (χ2v) is 16.9. The van der Waals surface area contributed by atoms with Gasteiger partial charge >= 0.3 is 0 Å². The molecule has 0 saturated carbocycles. The number of para-hydroxylation sites is 2. The second-order valence-electron chi connectivity index (χ2n) is 16.1. The van der Waals surface area contributed by atoms with Gasteiger partial charge in [-0.25, -0.2) is 4.68 Å². The molecule has 2 aromatic heterocycles. The Balaban J connectivity index is 0.689. The molecule has 402 valence electrons. The van der Waals surface area contributed by atoms with Gasteiger partial charge < -0.3 is 67.5 Å². The number of benzene rings is 3. The van der Waals surface area contributed by atoms with Gasteiger partial charge in [-0.05, 0) is 46.3 Å². The van der Waals surface area contributed by atoms with E-state index >= 15 is 0 Å². The second kappa shape index (κ2) is 31.4. The number of piperazine rings is 1. The maximum Gasteiger partial charge on any atom is 0.299 e. The van der Waals surface area contributed by atoms with Crippen molar-refractivity contribution >= 4 is 55.7 Å². The molecule has 6 rings (SSSR count).